The Morgan fingerprint density at radius 1 is 1.35 bits per heavy atom. The summed E-state index contributed by atoms with van der Waals surface area (Å²) in [5, 5.41) is 19.5. The number of aryl methyl sites for hydroxylation is 2. The lowest BCUT2D eigenvalue weighted by molar-refractivity contribution is -0.136. The lowest BCUT2D eigenvalue weighted by Crippen LogP contribution is -2.28. The van der Waals surface area contributed by atoms with Crippen molar-refractivity contribution < 1.29 is 18.3 Å². The molecule has 1 unspecified atom stereocenters. The molecule has 0 aliphatic carbocycles. The van der Waals surface area contributed by atoms with Gasteiger partial charge in [-0.1, -0.05) is 12.1 Å². The van der Waals surface area contributed by atoms with E-state index in [9.17, 15) is 13.2 Å². The van der Waals surface area contributed by atoms with Crippen molar-refractivity contribution in [1.29, 1.82) is 0 Å². The molecule has 0 spiro atoms. The lowest BCUT2D eigenvalue weighted by atomic mass is 10.1. The van der Waals surface area contributed by atoms with Crippen LogP contribution in [-0.4, -0.2) is 39.7 Å². The third-order valence-corrected chi connectivity index (χ3v) is 4.79. The molecule has 1 aromatic heterocycles. The zero-order valence-electron chi connectivity index (χ0n) is 12.7. The normalized spacial score (nSPS) is 13.0. The van der Waals surface area contributed by atoms with Gasteiger partial charge in [0, 0.05) is 13.5 Å². The number of carbonyl (C=O) groups is 1. The van der Waals surface area contributed by atoms with Crippen LogP contribution >= 0.6 is 0 Å². The highest BCUT2D eigenvalue weighted by Crippen LogP contribution is 2.16. The number of aliphatic carboxylic acids is 1. The van der Waals surface area contributed by atoms with Crippen LogP contribution in [0.15, 0.2) is 29.2 Å². The van der Waals surface area contributed by atoms with E-state index >= 15 is 0 Å². The van der Waals surface area contributed by atoms with Crippen molar-refractivity contribution in [1.82, 2.24) is 24.9 Å². The molecular formula is C13H17N5O4S. The highest BCUT2D eigenvalue weighted by molar-refractivity contribution is 7.89. The van der Waals surface area contributed by atoms with E-state index < -0.39 is 22.0 Å². The van der Waals surface area contributed by atoms with Crippen LogP contribution in [0.2, 0.25) is 0 Å². The molecule has 0 aliphatic rings. The Balaban J connectivity index is 2.10. The van der Waals surface area contributed by atoms with E-state index in [1.165, 1.54) is 16.8 Å². The van der Waals surface area contributed by atoms with Crippen molar-refractivity contribution in [3.8, 4) is 0 Å². The van der Waals surface area contributed by atoms with Crippen molar-refractivity contribution in [2.45, 2.75) is 30.7 Å². The molecule has 0 saturated carbocycles. The predicted octanol–water partition coefficient (Wildman–Crippen LogP) is 0.267. The molecule has 0 fully saturated rings. The van der Waals surface area contributed by atoms with Crippen molar-refractivity contribution in [2.24, 2.45) is 7.05 Å². The van der Waals surface area contributed by atoms with Gasteiger partial charge in [-0.3, -0.25) is 4.79 Å². The van der Waals surface area contributed by atoms with Gasteiger partial charge in [0.1, 0.15) is 0 Å². The molecule has 0 amide bonds. The summed E-state index contributed by atoms with van der Waals surface area (Å²) in [6, 6.07) is 5.51. The van der Waals surface area contributed by atoms with E-state index in [1.54, 1.807) is 26.1 Å². The first-order valence-corrected chi connectivity index (χ1v) is 8.33. The van der Waals surface area contributed by atoms with E-state index in [0.717, 1.165) is 5.56 Å². The van der Waals surface area contributed by atoms with Gasteiger partial charge in [-0.2, -0.15) is 0 Å². The van der Waals surface area contributed by atoms with Gasteiger partial charge >= 0.3 is 5.97 Å². The fourth-order valence-corrected chi connectivity index (χ4v) is 3.24. The molecule has 23 heavy (non-hydrogen) atoms. The molecule has 0 bridgehead atoms. The molecule has 1 aromatic carbocycles. The molecule has 0 radical (unpaired) electrons. The second kappa shape index (κ2) is 6.84. The van der Waals surface area contributed by atoms with E-state index in [4.69, 9.17) is 5.11 Å². The Labute approximate surface area is 133 Å². The number of hydrogen-bond acceptors (Lipinski definition) is 6. The molecule has 9 nitrogen and oxygen atoms in total. The molecule has 124 valence electrons. The lowest BCUT2D eigenvalue weighted by Gasteiger charge is -2.13. The summed E-state index contributed by atoms with van der Waals surface area (Å²) in [5.41, 5.74) is 0.761. The molecule has 2 aromatic rings. The van der Waals surface area contributed by atoms with Crippen LogP contribution in [0.4, 0.5) is 0 Å². The Morgan fingerprint density at radius 2 is 2.00 bits per heavy atom. The van der Waals surface area contributed by atoms with Gasteiger partial charge in [0.05, 0.1) is 10.9 Å². The van der Waals surface area contributed by atoms with E-state index in [0.29, 0.717) is 12.2 Å². The first-order chi connectivity index (χ1) is 10.8. The molecular weight excluding hydrogens is 322 g/mol. The van der Waals surface area contributed by atoms with Crippen LogP contribution < -0.4 is 4.72 Å². The first-order valence-electron chi connectivity index (χ1n) is 6.85. The summed E-state index contributed by atoms with van der Waals surface area (Å²) in [4.78, 5) is 10.6. The maximum atomic E-state index is 12.3. The maximum Gasteiger partial charge on any atom is 0.303 e. The van der Waals surface area contributed by atoms with Crippen molar-refractivity contribution in [3.05, 3.63) is 35.7 Å². The summed E-state index contributed by atoms with van der Waals surface area (Å²) in [7, 11) is -2.10. The summed E-state index contributed by atoms with van der Waals surface area (Å²) >= 11 is 0. The van der Waals surface area contributed by atoms with Crippen LogP contribution in [0, 0.1) is 0 Å². The maximum absolute atomic E-state index is 12.3. The fourth-order valence-electron chi connectivity index (χ4n) is 2.04. The largest absolute Gasteiger partial charge is 0.481 e. The number of aromatic nitrogens is 4. The summed E-state index contributed by atoms with van der Waals surface area (Å²) in [6.07, 6.45) is 0.352. The molecule has 10 heteroatoms. The number of sulfonamides is 1. The van der Waals surface area contributed by atoms with Crippen LogP contribution in [0.25, 0.3) is 0 Å². The average Bonchev–Trinajstić information content (AvgIpc) is 2.91. The van der Waals surface area contributed by atoms with Gasteiger partial charge in [-0.15, -0.1) is 5.10 Å². The number of tetrazole rings is 1. The SMILES string of the molecule is CC(NS(=O)(=O)c1ccc(CCC(=O)O)cc1)c1nnnn1C. The Kier molecular flexibility index (Phi) is 5.06. The monoisotopic (exact) mass is 339 g/mol. The summed E-state index contributed by atoms with van der Waals surface area (Å²) in [5.74, 6) is -0.499. The van der Waals surface area contributed by atoms with Crippen LogP contribution in [-0.2, 0) is 28.3 Å². The standard InChI is InChI=1S/C13H17N5O4S/c1-9(13-14-16-17-18(13)2)15-23(21,22)11-6-3-10(4-7-11)5-8-12(19)20/h3-4,6-7,9,15H,5,8H2,1-2H3,(H,19,20). The van der Waals surface area contributed by atoms with Gasteiger partial charge in [-0.25, -0.2) is 17.8 Å². The number of rotatable bonds is 7. The zero-order valence-corrected chi connectivity index (χ0v) is 13.5. The number of nitrogens with one attached hydrogen (secondary N) is 1. The Bertz CT molecular complexity index is 785. The second-order valence-electron chi connectivity index (χ2n) is 5.04. The Hall–Kier alpha value is -2.33. The topological polar surface area (TPSA) is 127 Å². The van der Waals surface area contributed by atoms with E-state index in [-0.39, 0.29) is 11.3 Å². The van der Waals surface area contributed by atoms with E-state index in [1.807, 2.05) is 0 Å². The van der Waals surface area contributed by atoms with Gasteiger partial charge in [0.15, 0.2) is 5.82 Å². The Morgan fingerprint density at radius 3 is 2.52 bits per heavy atom. The molecule has 1 atom stereocenters. The smallest absolute Gasteiger partial charge is 0.303 e. The van der Waals surface area contributed by atoms with Crippen molar-refractivity contribution in [2.75, 3.05) is 0 Å². The van der Waals surface area contributed by atoms with Gasteiger partial charge in [-0.05, 0) is 41.5 Å². The summed E-state index contributed by atoms with van der Waals surface area (Å²) < 4.78 is 28.6. The highest BCUT2D eigenvalue weighted by atomic mass is 32.2. The minimum atomic E-state index is -3.73. The van der Waals surface area contributed by atoms with Gasteiger partial charge in [0.2, 0.25) is 10.0 Å². The summed E-state index contributed by atoms with van der Waals surface area (Å²) in [6.45, 7) is 1.64. The van der Waals surface area contributed by atoms with Crippen LogP contribution in [0.1, 0.15) is 30.8 Å². The number of hydrogen-bond donors (Lipinski definition) is 2. The van der Waals surface area contributed by atoms with Crippen molar-refractivity contribution >= 4 is 16.0 Å². The number of carboxylic acids is 1. The average molecular weight is 339 g/mol. The molecule has 2 N–H and O–H groups in total. The quantitative estimate of drug-likeness (QED) is 0.741. The fraction of sp³-hybridized carbons (Fsp3) is 0.385. The first kappa shape index (κ1) is 17.0. The number of carboxylic acid groups (broad SMARTS) is 1. The van der Waals surface area contributed by atoms with Gasteiger partial charge in [0.25, 0.3) is 0 Å². The highest BCUT2D eigenvalue weighted by Gasteiger charge is 2.21. The third kappa shape index (κ3) is 4.33. The minimum Gasteiger partial charge on any atom is -0.481 e. The number of benzene rings is 1. The molecule has 2 rings (SSSR count). The third-order valence-electron chi connectivity index (χ3n) is 3.23. The van der Waals surface area contributed by atoms with Crippen LogP contribution in [0.3, 0.4) is 0 Å². The van der Waals surface area contributed by atoms with Gasteiger partial charge < -0.3 is 5.11 Å². The van der Waals surface area contributed by atoms with E-state index in [2.05, 4.69) is 20.2 Å². The molecule has 1 heterocycles. The minimum absolute atomic E-state index is 0.000535. The number of nitrogens with zero attached hydrogens (tertiary/aromatic N) is 4. The predicted molar refractivity (Wildman–Crippen MR) is 79.9 cm³/mol. The second-order valence-corrected chi connectivity index (χ2v) is 6.76. The molecule has 0 aliphatic heterocycles. The zero-order chi connectivity index (χ0) is 17.0. The molecule has 0 saturated heterocycles. The van der Waals surface area contributed by atoms with Crippen molar-refractivity contribution in [3.63, 3.8) is 0 Å². The van der Waals surface area contributed by atoms with Crippen LogP contribution in [0.5, 0.6) is 0 Å².